The molecule has 0 rings (SSSR count). The monoisotopic (exact) mass is 343 g/mol. The van der Waals surface area contributed by atoms with Crippen LogP contribution in [-0.4, -0.2) is 47.6 Å². The fraction of sp³-hybridized carbons (Fsp3) is 0.765. The smallest absolute Gasteiger partial charge is 0.345 e. The fourth-order valence-corrected chi connectivity index (χ4v) is 2.69. The first-order valence-electron chi connectivity index (χ1n) is 8.06. The van der Waals surface area contributed by atoms with E-state index < -0.39 is 22.7 Å². The van der Waals surface area contributed by atoms with E-state index in [1.807, 2.05) is 20.8 Å². The molecule has 1 atom stereocenters. The van der Waals surface area contributed by atoms with Gasteiger partial charge in [-0.15, -0.1) is 11.8 Å². The lowest BCUT2D eigenvalue weighted by molar-refractivity contribution is -0.145. The highest BCUT2D eigenvalue weighted by atomic mass is 32.2. The van der Waals surface area contributed by atoms with E-state index in [-0.39, 0.29) is 18.8 Å². The van der Waals surface area contributed by atoms with Crippen molar-refractivity contribution in [3.05, 3.63) is 5.57 Å². The van der Waals surface area contributed by atoms with Gasteiger partial charge in [-0.25, -0.2) is 9.79 Å². The molecule has 0 saturated heterocycles. The molecular formula is C17H29NO4S. The number of carbonyl (C=O) groups excluding carboxylic acids is 2. The lowest BCUT2D eigenvalue weighted by Gasteiger charge is -2.16. The van der Waals surface area contributed by atoms with Crippen molar-refractivity contribution in [2.45, 2.75) is 65.2 Å². The number of thioether (sulfide) groups is 1. The van der Waals surface area contributed by atoms with Gasteiger partial charge in [0, 0.05) is 0 Å². The second-order valence-electron chi connectivity index (χ2n) is 5.89. The van der Waals surface area contributed by atoms with Crippen LogP contribution in [0.15, 0.2) is 10.6 Å². The molecule has 0 N–H and O–H groups in total. The van der Waals surface area contributed by atoms with E-state index in [1.54, 1.807) is 13.8 Å². The molecule has 0 aliphatic rings. The second kappa shape index (κ2) is 11.3. The quantitative estimate of drug-likeness (QED) is 0.278. The Kier molecular flexibility index (Phi) is 10.7. The van der Waals surface area contributed by atoms with E-state index in [9.17, 15) is 9.59 Å². The van der Waals surface area contributed by atoms with Crippen molar-refractivity contribution in [1.82, 2.24) is 0 Å². The minimum absolute atomic E-state index is 0.126. The van der Waals surface area contributed by atoms with Crippen LogP contribution in [0.25, 0.3) is 0 Å². The van der Waals surface area contributed by atoms with Gasteiger partial charge in [0.05, 0.1) is 18.8 Å². The number of nitrogens with zero attached hydrogens (tertiary/aromatic N) is 1. The van der Waals surface area contributed by atoms with Crippen molar-refractivity contribution < 1.29 is 19.1 Å². The van der Waals surface area contributed by atoms with Gasteiger partial charge >= 0.3 is 11.9 Å². The molecule has 0 heterocycles. The summed E-state index contributed by atoms with van der Waals surface area (Å²) in [7, 11) is 0. The summed E-state index contributed by atoms with van der Waals surface area (Å²) in [5, 5.41) is -0.758. The normalized spacial score (nSPS) is 12.1. The summed E-state index contributed by atoms with van der Waals surface area (Å²) in [6.07, 6.45) is 1.96. The summed E-state index contributed by atoms with van der Waals surface area (Å²) in [6, 6.07) is 0. The van der Waals surface area contributed by atoms with Crippen LogP contribution in [0.1, 0.15) is 54.4 Å². The summed E-state index contributed by atoms with van der Waals surface area (Å²) < 4.78 is 10.2. The predicted molar refractivity (Wildman–Crippen MR) is 95.1 cm³/mol. The highest BCUT2D eigenvalue weighted by Gasteiger charge is 2.31. The van der Waals surface area contributed by atoms with Crippen molar-refractivity contribution in [3.63, 3.8) is 0 Å². The van der Waals surface area contributed by atoms with Gasteiger partial charge in [-0.2, -0.15) is 0 Å². The number of carbonyl (C=O) groups is 2. The molecule has 1 unspecified atom stereocenters. The van der Waals surface area contributed by atoms with Crippen molar-refractivity contribution in [2.75, 3.05) is 19.0 Å². The summed E-state index contributed by atoms with van der Waals surface area (Å²) in [4.78, 5) is 28.7. The predicted octanol–water partition coefficient (Wildman–Crippen LogP) is 3.41. The third-order valence-electron chi connectivity index (χ3n) is 2.55. The maximum Gasteiger partial charge on any atom is 0.345 e. The summed E-state index contributed by atoms with van der Waals surface area (Å²) in [5.41, 5.74) is -0.272. The lowest BCUT2D eigenvalue weighted by atomic mass is 10.1. The molecular weight excluding hydrogens is 314 g/mol. The number of hydrogen-bond acceptors (Lipinski definition) is 6. The lowest BCUT2D eigenvalue weighted by Crippen LogP contribution is -2.29. The molecule has 0 aliphatic carbocycles. The van der Waals surface area contributed by atoms with Crippen molar-refractivity contribution in [3.8, 4) is 0 Å². The van der Waals surface area contributed by atoms with E-state index in [2.05, 4.69) is 17.8 Å². The van der Waals surface area contributed by atoms with E-state index in [1.165, 1.54) is 11.8 Å². The molecule has 0 radical (unpaired) electrons. The van der Waals surface area contributed by atoms with Gasteiger partial charge in [0.15, 0.2) is 0 Å². The number of esters is 2. The average Bonchev–Trinajstić information content (AvgIpc) is 2.45. The minimum atomic E-state index is -0.758. The molecule has 0 aromatic heterocycles. The van der Waals surface area contributed by atoms with Gasteiger partial charge in [-0.05, 0) is 52.7 Å². The number of aliphatic imine (C=N–C) groups is 1. The van der Waals surface area contributed by atoms with Gasteiger partial charge in [-0.3, -0.25) is 4.79 Å². The van der Waals surface area contributed by atoms with Crippen LogP contribution in [-0.2, 0) is 19.1 Å². The Labute approximate surface area is 143 Å². The van der Waals surface area contributed by atoms with Gasteiger partial charge in [-0.1, -0.05) is 13.3 Å². The number of ether oxygens (including phenoxy) is 2. The van der Waals surface area contributed by atoms with Crippen LogP contribution in [0.4, 0.5) is 0 Å². The Hall–Kier alpha value is -1.26. The van der Waals surface area contributed by atoms with Crippen LogP contribution in [0.5, 0.6) is 0 Å². The van der Waals surface area contributed by atoms with Crippen molar-refractivity contribution in [1.29, 1.82) is 0 Å². The first-order chi connectivity index (χ1) is 10.8. The number of hydrogen-bond donors (Lipinski definition) is 0. The SMILES string of the molecule is CCCCSC(C(=O)OCC)C(=C=NC(C)(C)C)C(=O)OCC. The first kappa shape index (κ1) is 21.7. The average molecular weight is 343 g/mol. The minimum Gasteiger partial charge on any atom is -0.465 e. The molecule has 23 heavy (non-hydrogen) atoms. The fourth-order valence-electron chi connectivity index (χ4n) is 1.48. The molecule has 0 amide bonds. The zero-order valence-electron chi connectivity index (χ0n) is 15.1. The maximum atomic E-state index is 12.3. The van der Waals surface area contributed by atoms with Crippen LogP contribution in [0.3, 0.4) is 0 Å². The van der Waals surface area contributed by atoms with E-state index >= 15 is 0 Å². The first-order valence-corrected chi connectivity index (χ1v) is 9.11. The second-order valence-corrected chi connectivity index (χ2v) is 7.10. The Morgan fingerprint density at radius 2 is 1.74 bits per heavy atom. The molecule has 0 fully saturated rings. The molecule has 0 aliphatic heterocycles. The van der Waals surface area contributed by atoms with Crippen LogP contribution in [0.2, 0.25) is 0 Å². The molecule has 6 heteroatoms. The number of unbranched alkanes of at least 4 members (excludes halogenated alkanes) is 1. The molecule has 0 bridgehead atoms. The number of rotatable bonds is 9. The van der Waals surface area contributed by atoms with Crippen molar-refractivity contribution in [2.24, 2.45) is 4.99 Å². The highest BCUT2D eigenvalue weighted by molar-refractivity contribution is 8.00. The molecule has 0 aromatic rings. The topological polar surface area (TPSA) is 65.0 Å². The Morgan fingerprint density at radius 1 is 1.13 bits per heavy atom. The van der Waals surface area contributed by atoms with Crippen LogP contribution >= 0.6 is 11.8 Å². The van der Waals surface area contributed by atoms with Crippen LogP contribution < -0.4 is 0 Å². The Morgan fingerprint density at radius 3 is 2.22 bits per heavy atom. The summed E-state index contributed by atoms with van der Waals surface area (Å²) >= 11 is 1.37. The maximum absolute atomic E-state index is 12.3. The van der Waals surface area contributed by atoms with E-state index in [0.29, 0.717) is 0 Å². The zero-order valence-corrected chi connectivity index (χ0v) is 15.9. The molecule has 132 valence electrons. The van der Waals surface area contributed by atoms with E-state index in [0.717, 1.165) is 18.6 Å². The standard InChI is InChI=1S/C17H29NO4S/c1-7-10-11-23-14(16(20)22-9-3)13(15(19)21-8-2)12-18-17(4,5)6/h14H,7-11H2,1-6H3. The summed E-state index contributed by atoms with van der Waals surface area (Å²) in [5.74, 6) is 2.49. The third kappa shape index (κ3) is 9.47. The van der Waals surface area contributed by atoms with Gasteiger partial charge in [0.1, 0.15) is 10.8 Å². The Bertz CT molecular complexity index is 448. The Balaban J connectivity index is 5.64. The van der Waals surface area contributed by atoms with E-state index in [4.69, 9.17) is 9.47 Å². The molecule has 0 aromatic carbocycles. The van der Waals surface area contributed by atoms with Crippen molar-refractivity contribution >= 4 is 29.6 Å². The zero-order chi connectivity index (χ0) is 17.9. The van der Waals surface area contributed by atoms with Gasteiger partial charge in [0.2, 0.25) is 0 Å². The molecule has 5 nitrogen and oxygen atoms in total. The van der Waals surface area contributed by atoms with Crippen LogP contribution in [0, 0.1) is 0 Å². The largest absolute Gasteiger partial charge is 0.465 e. The highest BCUT2D eigenvalue weighted by Crippen LogP contribution is 2.22. The summed E-state index contributed by atoms with van der Waals surface area (Å²) in [6.45, 7) is 11.7. The third-order valence-corrected chi connectivity index (χ3v) is 3.84. The molecule has 0 saturated carbocycles. The van der Waals surface area contributed by atoms with Gasteiger partial charge < -0.3 is 9.47 Å². The molecule has 0 spiro atoms. The van der Waals surface area contributed by atoms with Gasteiger partial charge in [0.25, 0.3) is 0 Å².